The van der Waals surface area contributed by atoms with E-state index in [1.165, 1.54) is 0 Å². The summed E-state index contributed by atoms with van der Waals surface area (Å²) in [7, 11) is 0. The van der Waals surface area contributed by atoms with Crippen LogP contribution in [0.4, 0.5) is 5.69 Å². The molecule has 0 spiro atoms. The Kier molecular flexibility index (Phi) is 9.36. The Morgan fingerprint density at radius 2 is 1.78 bits per heavy atom. The van der Waals surface area contributed by atoms with Crippen molar-refractivity contribution in [1.82, 2.24) is 5.32 Å². The molecule has 0 bridgehead atoms. The van der Waals surface area contributed by atoms with E-state index in [1.54, 1.807) is 31.2 Å². The fraction of sp³-hybridized carbons (Fsp3) is 0.357. The van der Waals surface area contributed by atoms with Crippen molar-refractivity contribution in [2.24, 2.45) is 5.92 Å². The van der Waals surface area contributed by atoms with Crippen LogP contribution in [0.3, 0.4) is 0 Å². The van der Waals surface area contributed by atoms with Crippen molar-refractivity contribution in [3.05, 3.63) is 69.3 Å². The van der Waals surface area contributed by atoms with Gasteiger partial charge in [0.1, 0.15) is 11.7 Å². The van der Waals surface area contributed by atoms with Gasteiger partial charge in [0.2, 0.25) is 11.8 Å². The lowest BCUT2D eigenvalue weighted by molar-refractivity contribution is -0.152. The zero-order valence-electron chi connectivity index (χ0n) is 21.6. The van der Waals surface area contributed by atoms with Gasteiger partial charge in [0, 0.05) is 17.2 Å². The number of nitriles is 1. The van der Waals surface area contributed by atoms with E-state index >= 15 is 0 Å². The Bertz CT molecular complexity index is 1260. The van der Waals surface area contributed by atoms with Crippen molar-refractivity contribution in [2.75, 3.05) is 24.3 Å². The highest BCUT2D eigenvalue weighted by Crippen LogP contribution is 2.43. The number of nitrogens with one attached hydrogen (secondary N) is 2. The van der Waals surface area contributed by atoms with Crippen LogP contribution >= 0.6 is 11.8 Å². The topological polar surface area (TPSA) is 118 Å². The van der Waals surface area contributed by atoms with Crippen LogP contribution < -0.4 is 15.4 Å². The normalized spacial score (nSPS) is 17.0. The second kappa shape index (κ2) is 12.5. The summed E-state index contributed by atoms with van der Waals surface area (Å²) in [6.45, 7) is 9.78. The Morgan fingerprint density at radius 3 is 2.41 bits per heavy atom. The second-order valence-corrected chi connectivity index (χ2v) is 9.62. The number of para-hydroxylation sites is 1. The number of carbonyl (C=O) groups is 3. The Balaban J connectivity index is 1.96. The number of thioether (sulfide) groups is 1. The maximum atomic E-state index is 13.2. The Morgan fingerprint density at radius 1 is 1.11 bits per heavy atom. The van der Waals surface area contributed by atoms with Gasteiger partial charge in [0.25, 0.3) is 0 Å². The molecule has 1 aliphatic rings. The summed E-state index contributed by atoms with van der Waals surface area (Å²) < 4.78 is 10.9. The highest BCUT2D eigenvalue weighted by atomic mass is 32.2. The van der Waals surface area contributed by atoms with Crippen molar-refractivity contribution in [2.45, 2.75) is 40.5 Å². The van der Waals surface area contributed by atoms with Crippen molar-refractivity contribution in [3.8, 4) is 11.8 Å². The SMILES string of the molecule is CCOC(=O)[C@@H]1C(=O)NC(SCC(=O)Nc2c(C)cc(C)cc2C)=C(C#N)[C@@H]1c1ccccc1OCC. The predicted octanol–water partition coefficient (Wildman–Crippen LogP) is 4.51. The average molecular weight is 522 g/mol. The fourth-order valence-corrected chi connectivity index (χ4v) is 5.32. The predicted molar refractivity (Wildman–Crippen MR) is 143 cm³/mol. The number of nitrogens with zero attached hydrogens (tertiary/aromatic N) is 1. The largest absolute Gasteiger partial charge is 0.494 e. The standard InChI is InChI=1S/C28H31N3O5S/c1-6-35-21-11-9-8-10-19(21)23-20(14-29)27(31-26(33)24(23)28(34)36-7-2)37-15-22(32)30-25-17(4)12-16(3)13-18(25)5/h8-13,23-24H,6-7,15H2,1-5H3,(H,30,32)(H,31,33)/t23-,24-/m0/s1. The molecule has 0 unspecified atom stereocenters. The van der Waals surface area contributed by atoms with Crippen molar-refractivity contribution in [3.63, 3.8) is 0 Å². The first kappa shape index (κ1) is 27.8. The number of aryl methyl sites for hydroxylation is 3. The lowest BCUT2D eigenvalue weighted by atomic mass is 9.78. The third-order valence-corrected chi connectivity index (χ3v) is 6.93. The van der Waals surface area contributed by atoms with E-state index in [9.17, 15) is 19.6 Å². The van der Waals surface area contributed by atoms with E-state index in [2.05, 4.69) is 16.7 Å². The van der Waals surface area contributed by atoms with Crippen LogP contribution in [0.1, 0.15) is 42.0 Å². The molecule has 0 aliphatic carbocycles. The summed E-state index contributed by atoms with van der Waals surface area (Å²) in [4.78, 5) is 38.9. The van der Waals surface area contributed by atoms with Gasteiger partial charge in [-0.3, -0.25) is 14.4 Å². The third kappa shape index (κ3) is 6.33. The summed E-state index contributed by atoms with van der Waals surface area (Å²) in [6, 6.07) is 13.1. The minimum absolute atomic E-state index is 0.0442. The molecule has 194 valence electrons. The van der Waals surface area contributed by atoms with E-state index in [1.807, 2.05) is 39.8 Å². The molecule has 2 N–H and O–H groups in total. The quantitative estimate of drug-likeness (QED) is 0.368. The van der Waals surface area contributed by atoms with Gasteiger partial charge in [-0.1, -0.05) is 47.7 Å². The Labute approximate surface area is 221 Å². The van der Waals surface area contributed by atoms with Crippen LogP contribution in [0.25, 0.3) is 0 Å². The minimum Gasteiger partial charge on any atom is -0.494 e. The van der Waals surface area contributed by atoms with Gasteiger partial charge < -0.3 is 20.1 Å². The molecule has 0 saturated heterocycles. The van der Waals surface area contributed by atoms with Gasteiger partial charge in [0.15, 0.2) is 0 Å². The number of ether oxygens (including phenoxy) is 2. The monoisotopic (exact) mass is 521 g/mol. The van der Waals surface area contributed by atoms with Crippen LogP contribution in [0.5, 0.6) is 5.75 Å². The van der Waals surface area contributed by atoms with Crippen LogP contribution in [-0.2, 0) is 19.1 Å². The summed E-state index contributed by atoms with van der Waals surface area (Å²) >= 11 is 1.04. The summed E-state index contributed by atoms with van der Waals surface area (Å²) in [5.41, 5.74) is 4.44. The fourth-order valence-electron chi connectivity index (χ4n) is 4.48. The molecular weight excluding hydrogens is 490 g/mol. The van der Waals surface area contributed by atoms with Crippen LogP contribution in [0.15, 0.2) is 47.0 Å². The lowest BCUT2D eigenvalue weighted by Crippen LogP contribution is -2.44. The van der Waals surface area contributed by atoms with Crippen molar-refractivity contribution >= 4 is 35.2 Å². The molecule has 37 heavy (non-hydrogen) atoms. The van der Waals surface area contributed by atoms with E-state index in [0.717, 1.165) is 34.1 Å². The first-order valence-electron chi connectivity index (χ1n) is 12.1. The number of hydrogen-bond acceptors (Lipinski definition) is 7. The maximum absolute atomic E-state index is 13.2. The summed E-state index contributed by atoms with van der Waals surface area (Å²) in [5.74, 6) is -3.37. The van der Waals surface area contributed by atoms with Gasteiger partial charge in [0.05, 0.1) is 35.6 Å². The Hall–Kier alpha value is -3.77. The number of carbonyl (C=O) groups excluding carboxylic acids is 3. The highest BCUT2D eigenvalue weighted by molar-refractivity contribution is 8.03. The molecule has 3 rings (SSSR count). The van der Waals surface area contributed by atoms with E-state index in [4.69, 9.17) is 9.47 Å². The van der Waals surface area contributed by atoms with Crippen LogP contribution in [-0.4, -0.2) is 36.8 Å². The van der Waals surface area contributed by atoms with E-state index in [0.29, 0.717) is 17.9 Å². The number of allylic oxidation sites excluding steroid dienone is 1. The van der Waals surface area contributed by atoms with Gasteiger partial charge in [-0.25, -0.2) is 0 Å². The number of hydrogen-bond donors (Lipinski definition) is 2. The molecule has 2 amide bonds. The summed E-state index contributed by atoms with van der Waals surface area (Å²) in [5, 5.41) is 16.0. The number of benzene rings is 2. The van der Waals surface area contributed by atoms with Gasteiger partial charge in [-0.2, -0.15) is 5.26 Å². The lowest BCUT2D eigenvalue weighted by Gasteiger charge is -2.32. The van der Waals surface area contributed by atoms with Crippen LogP contribution in [0, 0.1) is 38.0 Å². The zero-order valence-corrected chi connectivity index (χ0v) is 22.5. The third-order valence-electron chi connectivity index (χ3n) is 5.91. The van der Waals surface area contributed by atoms with Crippen LogP contribution in [0.2, 0.25) is 0 Å². The molecular formula is C28H31N3O5S. The molecule has 9 heteroatoms. The molecule has 0 radical (unpaired) electrons. The average Bonchev–Trinajstić information content (AvgIpc) is 2.85. The van der Waals surface area contributed by atoms with Gasteiger partial charge >= 0.3 is 5.97 Å². The zero-order chi connectivity index (χ0) is 27.1. The molecule has 1 heterocycles. The van der Waals surface area contributed by atoms with Crippen molar-refractivity contribution < 1.29 is 23.9 Å². The molecule has 1 aliphatic heterocycles. The minimum atomic E-state index is -1.27. The number of anilines is 1. The van der Waals surface area contributed by atoms with E-state index in [-0.39, 0.29) is 28.9 Å². The van der Waals surface area contributed by atoms with Gasteiger partial charge in [-0.05, 0) is 51.8 Å². The first-order chi connectivity index (χ1) is 17.7. The number of amides is 2. The maximum Gasteiger partial charge on any atom is 0.319 e. The summed E-state index contributed by atoms with van der Waals surface area (Å²) in [6.07, 6.45) is 0. The highest BCUT2D eigenvalue weighted by Gasteiger charge is 2.45. The molecule has 0 fully saturated rings. The van der Waals surface area contributed by atoms with E-state index < -0.39 is 23.7 Å². The molecule has 2 aromatic carbocycles. The molecule has 0 aromatic heterocycles. The smallest absolute Gasteiger partial charge is 0.319 e. The molecule has 8 nitrogen and oxygen atoms in total. The number of esters is 1. The first-order valence-corrected chi connectivity index (χ1v) is 13.0. The molecule has 2 aromatic rings. The molecule has 0 saturated carbocycles. The van der Waals surface area contributed by atoms with Crippen molar-refractivity contribution in [1.29, 1.82) is 5.26 Å². The number of rotatable bonds is 9. The van der Waals surface area contributed by atoms with Gasteiger partial charge in [-0.15, -0.1) is 0 Å². The second-order valence-electron chi connectivity index (χ2n) is 8.63. The molecule has 2 atom stereocenters.